The molecule has 8 nitrogen and oxygen atoms in total. The highest BCUT2D eigenvalue weighted by Crippen LogP contribution is 2.28. The van der Waals surface area contributed by atoms with Gasteiger partial charge in [0.05, 0.1) is 19.6 Å². The molecule has 0 saturated heterocycles. The minimum Gasteiger partial charge on any atom is -0.316 e. The lowest BCUT2D eigenvalue weighted by Crippen LogP contribution is -2.27. The van der Waals surface area contributed by atoms with Crippen LogP contribution in [0.4, 0.5) is 8.78 Å². The molecular formula is C36H39F2N7OS. The van der Waals surface area contributed by atoms with Crippen molar-refractivity contribution in [1.82, 2.24) is 34.5 Å². The average Bonchev–Trinajstić information content (AvgIpc) is 3.73. The zero-order valence-corrected chi connectivity index (χ0v) is 27.6. The first-order valence-corrected chi connectivity index (χ1v) is 16.9. The van der Waals surface area contributed by atoms with E-state index in [4.69, 9.17) is 0 Å². The van der Waals surface area contributed by atoms with Crippen molar-refractivity contribution < 1.29 is 8.78 Å². The first kappa shape index (κ1) is 32.7. The van der Waals surface area contributed by atoms with Crippen molar-refractivity contribution in [3.63, 3.8) is 0 Å². The van der Waals surface area contributed by atoms with Crippen LogP contribution in [0.2, 0.25) is 0 Å². The monoisotopic (exact) mass is 655 g/mol. The van der Waals surface area contributed by atoms with Gasteiger partial charge < -0.3 is 19.4 Å². The Balaban J connectivity index is 1.29. The highest BCUT2D eigenvalue weighted by atomic mass is 32.2. The van der Waals surface area contributed by atoms with Crippen LogP contribution in [0.3, 0.4) is 0 Å². The molecule has 11 heteroatoms. The lowest BCUT2D eigenvalue weighted by Gasteiger charge is -2.18. The van der Waals surface area contributed by atoms with E-state index >= 15 is 0 Å². The molecule has 1 aliphatic rings. The molecule has 0 bridgehead atoms. The molecule has 0 radical (unpaired) electrons. The summed E-state index contributed by atoms with van der Waals surface area (Å²) < 4.78 is 30.8. The van der Waals surface area contributed by atoms with Crippen LogP contribution in [0.15, 0.2) is 82.7 Å². The van der Waals surface area contributed by atoms with Crippen LogP contribution < -0.4 is 10.9 Å². The minimum absolute atomic E-state index is 0.165. The number of likely N-dealkylation sites (N-methyl/N-ethyl adjacent to an activating group) is 1. The van der Waals surface area contributed by atoms with Crippen LogP contribution in [-0.2, 0) is 44.9 Å². The van der Waals surface area contributed by atoms with Gasteiger partial charge in [0.1, 0.15) is 18.3 Å². The molecule has 1 aliphatic carbocycles. The predicted molar refractivity (Wildman–Crippen MR) is 182 cm³/mol. The standard InChI is InChI=1S/C36H39F2N7OS/c1-43(2)19-18-39-21-33-41-42-34(45(33)22-26-8-14-29(15-9-26)28-12-6-25(20-37)7-13-28)23-44-32-5-3-4-31(32)35(46)40-36(44)47-24-27-10-16-30(38)17-11-27/h6-17,39H,3-5,18-24H2,1-2H3. The van der Waals surface area contributed by atoms with Crippen LogP contribution >= 0.6 is 11.8 Å². The molecule has 47 heavy (non-hydrogen) atoms. The van der Waals surface area contributed by atoms with Gasteiger partial charge in [0.15, 0.2) is 11.0 Å². The molecule has 5 aromatic rings. The summed E-state index contributed by atoms with van der Waals surface area (Å²) in [5.74, 6) is 1.89. The van der Waals surface area contributed by atoms with E-state index in [0.717, 1.165) is 77.5 Å². The van der Waals surface area contributed by atoms with Crippen molar-refractivity contribution in [1.29, 1.82) is 0 Å². The highest BCUT2D eigenvalue weighted by molar-refractivity contribution is 7.98. The van der Waals surface area contributed by atoms with Crippen molar-refractivity contribution in [2.45, 2.75) is 56.5 Å². The fourth-order valence-electron chi connectivity index (χ4n) is 5.81. The van der Waals surface area contributed by atoms with E-state index in [1.165, 1.54) is 23.9 Å². The summed E-state index contributed by atoms with van der Waals surface area (Å²) >= 11 is 1.48. The summed E-state index contributed by atoms with van der Waals surface area (Å²) in [5.41, 5.74) is 6.44. The molecule has 244 valence electrons. The molecule has 0 spiro atoms. The molecule has 6 rings (SSSR count). The van der Waals surface area contributed by atoms with Crippen molar-refractivity contribution in [2.24, 2.45) is 0 Å². The SMILES string of the molecule is CN(C)CCNCc1nnc(Cn2c(SCc3ccc(F)cc3)nc(=O)c3c2CCC3)n1Cc1ccc(-c2ccc(CF)cc2)cc1. The number of alkyl halides is 1. The van der Waals surface area contributed by atoms with Gasteiger partial charge in [-0.2, -0.15) is 4.98 Å². The third-order valence-corrected chi connectivity index (χ3v) is 9.49. The highest BCUT2D eigenvalue weighted by Gasteiger charge is 2.24. The van der Waals surface area contributed by atoms with Crippen LogP contribution in [0, 0.1) is 5.82 Å². The molecule has 0 aliphatic heterocycles. The molecule has 0 amide bonds. The molecule has 3 aromatic carbocycles. The molecule has 2 heterocycles. The third kappa shape index (κ3) is 8.04. The van der Waals surface area contributed by atoms with Gasteiger partial charge in [-0.15, -0.1) is 10.2 Å². The Morgan fingerprint density at radius 3 is 2.17 bits per heavy atom. The lowest BCUT2D eigenvalue weighted by molar-refractivity contribution is 0.397. The Labute approximate surface area is 277 Å². The molecule has 0 atom stereocenters. The van der Waals surface area contributed by atoms with Crippen molar-refractivity contribution >= 4 is 11.8 Å². The molecule has 1 N–H and O–H groups in total. The van der Waals surface area contributed by atoms with Crippen LogP contribution in [0.25, 0.3) is 11.1 Å². The minimum atomic E-state index is -0.473. The van der Waals surface area contributed by atoms with E-state index in [9.17, 15) is 13.6 Å². The van der Waals surface area contributed by atoms with Gasteiger partial charge in [0, 0.05) is 30.1 Å². The normalized spacial score (nSPS) is 12.6. The van der Waals surface area contributed by atoms with E-state index < -0.39 is 6.67 Å². The number of hydrogen-bond donors (Lipinski definition) is 1. The maximum absolute atomic E-state index is 13.5. The van der Waals surface area contributed by atoms with Gasteiger partial charge in [0.25, 0.3) is 5.56 Å². The van der Waals surface area contributed by atoms with E-state index in [2.05, 4.69) is 58.8 Å². The molecular weight excluding hydrogens is 617 g/mol. The second-order valence-electron chi connectivity index (χ2n) is 12.1. The van der Waals surface area contributed by atoms with Gasteiger partial charge in [-0.25, -0.2) is 8.78 Å². The number of nitrogens with one attached hydrogen (secondary N) is 1. The summed E-state index contributed by atoms with van der Waals surface area (Å²) in [5, 5.41) is 13.4. The summed E-state index contributed by atoms with van der Waals surface area (Å²) in [6.07, 6.45) is 2.44. The molecule has 2 aromatic heterocycles. The topological polar surface area (TPSA) is 80.9 Å². The zero-order valence-electron chi connectivity index (χ0n) is 26.8. The molecule has 0 fully saturated rings. The Morgan fingerprint density at radius 1 is 0.830 bits per heavy atom. The number of thioether (sulfide) groups is 1. The van der Waals surface area contributed by atoms with Gasteiger partial charge in [-0.3, -0.25) is 4.79 Å². The summed E-state index contributed by atoms with van der Waals surface area (Å²) in [6, 6.07) is 22.3. The first-order chi connectivity index (χ1) is 22.9. The number of aromatic nitrogens is 5. The summed E-state index contributed by atoms with van der Waals surface area (Å²) in [6.45, 7) is 2.80. The van der Waals surface area contributed by atoms with Gasteiger partial charge in [-0.1, -0.05) is 72.4 Å². The van der Waals surface area contributed by atoms with Crippen molar-refractivity contribution in [2.75, 3.05) is 27.2 Å². The number of nitrogens with zero attached hydrogens (tertiary/aromatic N) is 6. The first-order valence-electron chi connectivity index (χ1n) is 15.9. The number of halogens is 2. The van der Waals surface area contributed by atoms with E-state index in [1.54, 1.807) is 12.1 Å². The summed E-state index contributed by atoms with van der Waals surface area (Å²) in [7, 11) is 4.09. The zero-order chi connectivity index (χ0) is 32.8. The Morgan fingerprint density at radius 2 is 1.49 bits per heavy atom. The third-order valence-electron chi connectivity index (χ3n) is 8.44. The van der Waals surface area contributed by atoms with Gasteiger partial charge in [-0.05, 0) is 73.3 Å². The van der Waals surface area contributed by atoms with Crippen LogP contribution in [0.5, 0.6) is 0 Å². The molecule has 0 unspecified atom stereocenters. The van der Waals surface area contributed by atoms with Gasteiger partial charge in [0.2, 0.25) is 0 Å². The predicted octanol–water partition coefficient (Wildman–Crippen LogP) is 5.64. The second-order valence-corrected chi connectivity index (χ2v) is 13.0. The fraction of sp³-hybridized carbons (Fsp3) is 0.333. The smallest absolute Gasteiger partial charge is 0.277 e. The Bertz CT molecular complexity index is 1850. The van der Waals surface area contributed by atoms with Crippen molar-refractivity contribution in [3.05, 3.63) is 129 Å². The second kappa shape index (κ2) is 15.1. The maximum Gasteiger partial charge on any atom is 0.277 e. The molecule has 0 saturated carbocycles. The Hall–Kier alpha value is -4.19. The lowest BCUT2D eigenvalue weighted by atomic mass is 10.0. The Kier molecular flexibility index (Phi) is 10.5. The number of rotatable bonds is 14. The van der Waals surface area contributed by atoms with E-state index in [-0.39, 0.29) is 11.4 Å². The summed E-state index contributed by atoms with van der Waals surface area (Å²) in [4.78, 5) is 19.7. The average molecular weight is 656 g/mol. The largest absolute Gasteiger partial charge is 0.316 e. The van der Waals surface area contributed by atoms with E-state index in [1.807, 2.05) is 38.4 Å². The fourth-order valence-corrected chi connectivity index (χ4v) is 6.77. The number of benzene rings is 3. The van der Waals surface area contributed by atoms with Crippen molar-refractivity contribution in [3.8, 4) is 11.1 Å². The van der Waals surface area contributed by atoms with Crippen LogP contribution in [-0.4, -0.2) is 56.4 Å². The maximum atomic E-state index is 13.5. The van der Waals surface area contributed by atoms with E-state index in [0.29, 0.717) is 36.1 Å². The quantitative estimate of drug-likeness (QED) is 0.0943. The number of hydrogen-bond acceptors (Lipinski definition) is 7. The van der Waals surface area contributed by atoms with Crippen LogP contribution in [0.1, 0.15) is 46.0 Å². The number of fused-ring (bicyclic) bond motifs is 1. The van der Waals surface area contributed by atoms with Gasteiger partial charge >= 0.3 is 0 Å².